The summed E-state index contributed by atoms with van der Waals surface area (Å²) in [4.78, 5) is 5.13. The van der Waals surface area contributed by atoms with Gasteiger partial charge in [0.15, 0.2) is 0 Å². The molecule has 1 aliphatic heterocycles. The molecule has 1 rings (SSSR count). The molecule has 0 aromatic rings. The van der Waals surface area contributed by atoms with Gasteiger partial charge in [-0.15, -0.1) is 0 Å². The largest absolute Gasteiger partial charge is 0.318 e. The number of rotatable bonds is 4. The average molecular weight is 213 g/mol. The molecule has 1 saturated heterocycles. The molecule has 1 aliphatic rings. The summed E-state index contributed by atoms with van der Waals surface area (Å²) >= 11 is 0. The Morgan fingerprint density at radius 3 is 2.20 bits per heavy atom. The molecule has 0 amide bonds. The Morgan fingerprint density at radius 1 is 1.27 bits per heavy atom. The van der Waals surface area contributed by atoms with Crippen molar-refractivity contribution in [2.24, 2.45) is 0 Å². The summed E-state index contributed by atoms with van der Waals surface area (Å²) in [5.74, 6) is 0. The SMILES string of the molecule is CCC(CNC)N1CC(C)N(C)C(C)C1. The first-order valence-electron chi connectivity index (χ1n) is 6.20. The highest BCUT2D eigenvalue weighted by Gasteiger charge is 2.29. The molecular weight excluding hydrogens is 186 g/mol. The summed E-state index contributed by atoms with van der Waals surface area (Å²) in [5, 5.41) is 3.30. The van der Waals surface area contributed by atoms with Crippen molar-refractivity contribution < 1.29 is 0 Å². The number of nitrogens with one attached hydrogen (secondary N) is 1. The van der Waals surface area contributed by atoms with Gasteiger partial charge in [0, 0.05) is 37.8 Å². The molecule has 90 valence electrons. The average Bonchev–Trinajstić information content (AvgIpc) is 2.22. The topological polar surface area (TPSA) is 18.5 Å². The van der Waals surface area contributed by atoms with Crippen LogP contribution in [-0.2, 0) is 0 Å². The van der Waals surface area contributed by atoms with Crippen LogP contribution in [0, 0.1) is 0 Å². The van der Waals surface area contributed by atoms with Gasteiger partial charge in [-0.2, -0.15) is 0 Å². The molecule has 0 aliphatic carbocycles. The number of hydrogen-bond acceptors (Lipinski definition) is 3. The fraction of sp³-hybridized carbons (Fsp3) is 1.00. The van der Waals surface area contributed by atoms with E-state index in [1.54, 1.807) is 0 Å². The van der Waals surface area contributed by atoms with Crippen LogP contribution < -0.4 is 5.32 Å². The maximum Gasteiger partial charge on any atom is 0.0219 e. The lowest BCUT2D eigenvalue weighted by atomic mass is 10.1. The van der Waals surface area contributed by atoms with Gasteiger partial charge in [-0.3, -0.25) is 9.80 Å². The standard InChI is InChI=1S/C12H27N3/c1-6-12(7-13-4)15-8-10(2)14(5)11(3)9-15/h10-13H,6-9H2,1-5H3. The Labute approximate surface area is 94.8 Å². The van der Waals surface area contributed by atoms with Crippen molar-refractivity contribution in [2.75, 3.05) is 33.7 Å². The highest BCUT2D eigenvalue weighted by Crippen LogP contribution is 2.16. The normalized spacial score (nSPS) is 31.8. The van der Waals surface area contributed by atoms with Crippen molar-refractivity contribution in [1.82, 2.24) is 15.1 Å². The van der Waals surface area contributed by atoms with Gasteiger partial charge in [0.2, 0.25) is 0 Å². The predicted octanol–water partition coefficient (Wildman–Crippen LogP) is 1.01. The quantitative estimate of drug-likeness (QED) is 0.752. The minimum atomic E-state index is 0.680. The van der Waals surface area contributed by atoms with Gasteiger partial charge in [-0.05, 0) is 34.4 Å². The second-order valence-corrected chi connectivity index (χ2v) is 4.94. The Hall–Kier alpha value is -0.120. The second-order valence-electron chi connectivity index (χ2n) is 4.94. The van der Waals surface area contributed by atoms with Crippen LogP contribution in [0.1, 0.15) is 27.2 Å². The minimum absolute atomic E-state index is 0.680. The molecule has 1 fully saturated rings. The minimum Gasteiger partial charge on any atom is -0.318 e. The van der Waals surface area contributed by atoms with Crippen molar-refractivity contribution in [3.05, 3.63) is 0 Å². The summed E-state index contributed by atoms with van der Waals surface area (Å²) in [7, 11) is 4.29. The summed E-state index contributed by atoms with van der Waals surface area (Å²) in [6, 6.07) is 2.06. The summed E-state index contributed by atoms with van der Waals surface area (Å²) in [6.45, 7) is 10.5. The zero-order valence-corrected chi connectivity index (χ0v) is 11.0. The van der Waals surface area contributed by atoms with Crippen LogP contribution in [-0.4, -0.2) is 61.7 Å². The van der Waals surface area contributed by atoms with E-state index in [4.69, 9.17) is 0 Å². The molecule has 0 radical (unpaired) electrons. The van der Waals surface area contributed by atoms with Gasteiger partial charge < -0.3 is 5.32 Å². The molecule has 0 aromatic heterocycles. The first-order valence-corrected chi connectivity index (χ1v) is 6.20. The Morgan fingerprint density at radius 2 is 1.80 bits per heavy atom. The van der Waals surface area contributed by atoms with Crippen LogP contribution in [0.2, 0.25) is 0 Å². The van der Waals surface area contributed by atoms with E-state index in [0.29, 0.717) is 18.1 Å². The van der Waals surface area contributed by atoms with E-state index >= 15 is 0 Å². The van der Waals surface area contributed by atoms with Crippen LogP contribution in [0.3, 0.4) is 0 Å². The van der Waals surface area contributed by atoms with E-state index in [2.05, 4.69) is 42.9 Å². The number of piperazine rings is 1. The third kappa shape index (κ3) is 3.16. The van der Waals surface area contributed by atoms with E-state index in [-0.39, 0.29) is 0 Å². The van der Waals surface area contributed by atoms with Gasteiger partial charge in [-0.1, -0.05) is 6.92 Å². The molecule has 0 spiro atoms. The van der Waals surface area contributed by atoms with Gasteiger partial charge in [0.1, 0.15) is 0 Å². The lowest BCUT2D eigenvalue weighted by molar-refractivity contribution is 0.0329. The van der Waals surface area contributed by atoms with Crippen molar-refractivity contribution in [1.29, 1.82) is 0 Å². The highest BCUT2D eigenvalue weighted by molar-refractivity contribution is 4.86. The van der Waals surface area contributed by atoms with Gasteiger partial charge in [0.05, 0.1) is 0 Å². The molecule has 3 atom stereocenters. The summed E-state index contributed by atoms with van der Waals surface area (Å²) < 4.78 is 0. The zero-order valence-electron chi connectivity index (χ0n) is 11.0. The van der Waals surface area contributed by atoms with Crippen molar-refractivity contribution in [2.45, 2.75) is 45.3 Å². The fourth-order valence-corrected chi connectivity index (χ4v) is 2.51. The van der Waals surface area contributed by atoms with Crippen LogP contribution in [0.25, 0.3) is 0 Å². The Kier molecular flexibility index (Phi) is 5.03. The van der Waals surface area contributed by atoms with Crippen molar-refractivity contribution in [3.8, 4) is 0 Å². The van der Waals surface area contributed by atoms with Gasteiger partial charge >= 0.3 is 0 Å². The predicted molar refractivity (Wildman–Crippen MR) is 66.3 cm³/mol. The fourth-order valence-electron chi connectivity index (χ4n) is 2.51. The molecule has 1 heterocycles. The summed E-state index contributed by atoms with van der Waals surface area (Å²) in [6.07, 6.45) is 1.24. The number of hydrogen-bond donors (Lipinski definition) is 1. The van der Waals surface area contributed by atoms with Crippen LogP contribution in [0.5, 0.6) is 0 Å². The highest BCUT2D eigenvalue weighted by atomic mass is 15.3. The smallest absolute Gasteiger partial charge is 0.0219 e. The molecular formula is C12H27N3. The third-order valence-corrected chi connectivity index (χ3v) is 3.82. The second kappa shape index (κ2) is 5.83. The maximum absolute atomic E-state index is 3.30. The van der Waals surface area contributed by atoms with Crippen LogP contribution >= 0.6 is 0 Å². The zero-order chi connectivity index (χ0) is 11.4. The van der Waals surface area contributed by atoms with Crippen molar-refractivity contribution >= 4 is 0 Å². The third-order valence-electron chi connectivity index (χ3n) is 3.82. The van der Waals surface area contributed by atoms with E-state index in [1.165, 1.54) is 19.5 Å². The molecule has 1 N–H and O–H groups in total. The molecule has 0 aromatic carbocycles. The van der Waals surface area contributed by atoms with Gasteiger partial charge in [0.25, 0.3) is 0 Å². The van der Waals surface area contributed by atoms with E-state index in [9.17, 15) is 0 Å². The first kappa shape index (κ1) is 12.9. The Balaban J connectivity index is 2.55. The first-order chi connectivity index (χ1) is 7.10. The van der Waals surface area contributed by atoms with Crippen LogP contribution in [0.15, 0.2) is 0 Å². The molecule has 15 heavy (non-hydrogen) atoms. The number of nitrogens with zero attached hydrogens (tertiary/aromatic N) is 2. The molecule has 3 heteroatoms. The van der Waals surface area contributed by atoms with E-state index < -0.39 is 0 Å². The maximum atomic E-state index is 3.30. The lowest BCUT2D eigenvalue weighted by Crippen LogP contribution is -2.58. The van der Waals surface area contributed by atoms with E-state index in [0.717, 1.165) is 6.54 Å². The molecule has 3 unspecified atom stereocenters. The molecule has 0 bridgehead atoms. The van der Waals surface area contributed by atoms with Gasteiger partial charge in [-0.25, -0.2) is 0 Å². The lowest BCUT2D eigenvalue weighted by Gasteiger charge is -2.45. The Bertz CT molecular complexity index is 172. The van der Waals surface area contributed by atoms with Crippen molar-refractivity contribution in [3.63, 3.8) is 0 Å². The molecule has 0 saturated carbocycles. The number of likely N-dealkylation sites (N-methyl/N-ethyl adjacent to an activating group) is 2. The molecule has 3 nitrogen and oxygen atoms in total. The van der Waals surface area contributed by atoms with Crippen LogP contribution in [0.4, 0.5) is 0 Å². The van der Waals surface area contributed by atoms with E-state index in [1.807, 2.05) is 7.05 Å². The monoisotopic (exact) mass is 213 g/mol. The summed E-state index contributed by atoms with van der Waals surface area (Å²) in [5.41, 5.74) is 0.